The van der Waals surface area contributed by atoms with E-state index in [2.05, 4.69) is 10.6 Å². The Morgan fingerprint density at radius 1 is 1.14 bits per heavy atom. The van der Waals surface area contributed by atoms with Crippen LogP contribution in [0.25, 0.3) is 0 Å². The molecule has 2 aromatic rings. The number of aryl methyl sites for hydroxylation is 1. The highest BCUT2D eigenvalue weighted by Crippen LogP contribution is 2.12. The summed E-state index contributed by atoms with van der Waals surface area (Å²) in [5, 5.41) is 5.38. The molecule has 1 saturated heterocycles. The topological polar surface area (TPSA) is 102 Å². The van der Waals surface area contributed by atoms with Gasteiger partial charge in [-0.15, -0.1) is 0 Å². The maximum Gasteiger partial charge on any atom is 0.323 e. The number of carbonyl (C=O) groups excluding carboxylic acids is 2. The SMILES string of the molecule is Cc1ccc(S(=O)(=O)CNC(=O)C2COC(=O)[C@H](Cc3ccccc3)N2)cc1. The number of sulfone groups is 1. The molecule has 0 radical (unpaired) electrons. The molecule has 1 unspecified atom stereocenters. The van der Waals surface area contributed by atoms with Gasteiger partial charge >= 0.3 is 5.97 Å². The van der Waals surface area contributed by atoms with Crippen LogP contribution in [0.5, 0.6) is 0 Å². The zero-order chi connectivity index (χ0) is 20.1. The highest BCUT2D eigenvalue weighted by Gasteiger charge is 2.34. The molecule has 2 N–H and O–H groups in total. The molecule has 0 spiro atoms. The van der Waals surface area contributed by atoms with Crippen LogP contribution >= 0.6 is 0 Å². The van der Waals surface area contributed by atoms with E-state index in [0.717, 1.165) is 11.1 Å². The summed E-state index contributed by atoms with van der Waals surface area (Å²) in [6, 6.07) is 14.3. The van der Waals surface area contributed by atoms with Gasteiger partial charge < -0.3 is 10.1 Å². The van der Waals surface area contributed by atoms with Crippen molar-refractivity contribution in [3.05, 3.63) is 65.7 Å². The second-order valence-corrected chi connectivity index (χ2v) is 8.69. The molecule has 1 heterocycles. The van der Waals surface area contributed by atoms with Crippen LogP contribution in [0.15, 0.2) is 59.5 Å². The lowest BCUT2D eigenvalue weighted by molar-refractivity contribution is -0.153. The fourth-order valence-corrected chi connectivity index (χ4v) is 3.94. The van der Waals surface area contributed by atoms with Gasteiger partial charge in [0.25, 0.3) is 0 Å². The van der Waals surface area contributed by atoms with Gasteiger partial charge in [-0.05, 0) is 31.0 Å². The number of rotatable bonds is 6. The van der Waals surface area contributed by atoms with E-state index in [1.165, 1.54) is 12.1 Å². The first-order valence-corrected chi connectivity index (χ1v) is 10.5. The van der Waals surface area contributed by atoms with Crippen molar-refractivity contribution in [2.75, 3.05) is 12.5 Å². The van der Waals surface area contributed by atoms with Gasteiger partial charge in [-0.2, -0.15) is 0 Å². The van der Waals surface area contributed by atoms with Gasteiger partial charge in [0.2, 0.25) is 5.91 Å². The number of carbonyl (C=O) groups is 2. The van der Waals surface area contributed by atoms with Gasteiger partial charge in [0.15, 0.2) is 9.84 Å². The van der Waals surface area contributed by atoms with Gasteiger partial charge in [-0.3, -0.25) is 14.9 Å². The minimum absolute atomic E-state index is 0.138. The molecular formula is C20H22N2O5S. The fraction of sp³-hybridized carbons (Fsp3) is 0.300. The monoisotopic (exact) mass is 402 g/mol. The van der Waals surface area contributed by atoms with Gasteiger partial charge in [-0.1, -0.05) is 48.0 Å². The Morgan fingerprint density at radius 3 is 2.50 bits per heavy atom. The van der Waals surface area contributed by atoms with Crippen LogP contribution in [0.4, 0.5) is 0 Å². The van der Waals surface area contributed by atoms with Crippen LogP contribution in [0.3, 0.4) is 0 Å². The predicted octanol–water partition coefficient (Wildman–Crippen LogP) is 0.969. The van der Waals surface area contributed by atoms with Crippen molar-refractivity contribution in [3.8, 4) is 0 Å². The quantitative estimate of drug-likeness (QED) is 0.698. The summed E-state index contributed by atoms with van der Waals surface area (Å²) in [7, 11) is -3.65. The van der Waals surface area contributed by atoms with E-state index in [1.54, 1.807) is 12.1 Å². The maximum atomic E-state index is 12.4. The molecule has 8 heteroatoms. The average Bonchev–Trinajstić information content (AvgIpc) is 2.69. The molecule has 2 atom stereocenters. The molecule has 0 saturated carbocycles. The second kappa shape index (κ2) is 8.53. The third kappa shape index (κ3) is 4.96. The molecule has 0 bridgehead atoms. The zero-order valence-corrected chi connectivity index (χ0v) is 16.2. The first-order chi connectivity index (χ1) is 13.3. The summed E-state index contributed by atoms with van der Waals surface area (Å²) >= 11 is 0. The largest absolute Gasteiger partial charge is 0.462 e. The lowest BCUT2D eigenvalue weighted by Crippen LogP contribution is -2.58. The number of amides is 1. The standard InChI is InChI=1S/C20H22N2O5S/c1-14-7-9-16(10-8-14)28(25,26)13-21-19(23)18-12-27-20(24)17(22-18)11-15-5-3-2-4-6-15/h2-10,17-18,22H,11-13H2,1H3,(H,21,23)/t17-,18?/m0/s1. The Kier molecular flexibility index (Phi) is 6.11. The van der Waals surface area contributed by atoms with Crippen LogP contribution in [-0.2, 0) is 30.6 Å². The Labute approximate surface area is 164 Å². The highest BCUT2D eigenvalue weighted by molar-refractivity contribution is 7.91. The van der Waals surface area contributed by atoms with Gasteiger partial charge in [0.1, 0.15) is 24.6 Å². The third-order valence-corrected chi connectivity index (χ3v) is 6.01. The Balaban J connectivity index is 1.59. The number of cyclic esters (lactones) is 1. The van der Waals surface area contributed by atoms with Crippen molar-refractivity contribution >= 4 is 21.7 Å². The summed E-state index contributed by atoms with van der Waals surface area (Å²) in [4.78, 5) is 24.5. The first-order valence-electron chi connectivity index (χ1n) is 8.89. The number of esters is 1. The van der Waals surface area contributed by atoms with Crippen LogP contribution < -0.4 is 10.6 Å². The lowest BCUT2D eigenvalue weighted by atomic mass is 10.0. The number of hydrogen-bond acceptors (Lipinski definition) is 6. The first kappa shape index (κ1) is 20.0. The summed E-state index contributed by atoms with van der Waals surface area (Å²) in [5.74, 6) is -1.48. The van der Waals surface area contributed by atoms with E-state index in [0.29, 0.717) is 6.42 Å². The second-order valence-electron chi connectivity index (χ2n) is 6.70. The van der Waals surface area contributed by atoms with E-state index in [9.17, 15) is 18.0 Å². The van der Waals surface area contributed by atoms with Crippen molar-refractivity contribution in [2.24, 2.45) is 0 Å². The summed E-state index contributed by atoms with van der Waals surface area (Å²) < 4.78 is 29.9. The number of ether oxygens (including phenoxy) is 1. The van der Waals surface area contributed by atoms with Crippen LogP contribution in [0.1, 0.15) is 11.1 Å². The van der Waals surface area contributed by atoms with Crippen molar-refractivity contribution in [1.82, 2.24) is 10.6 Å². The molecule has 0 aromatic heterocycles. The van der Waals surface area contributed by atoms with E-state index < -0.39 is 39.7 Å². The number of nitrogens with one attached hydrogen (secondary N) is 2. The van der Waals surface area contributed by atoms with Crippen molar-refractivity contribution in [1.29, 1.82) is 0 Å². The smallest absolute Gasteiger partial charge is 0.323 e. The number of benzene rings is 2. The minimum Gasteiger partial charge on any atom is -0.462 e. The maximum absolute atomic E-state index is 12.4. The fourth-order valence-electron chi connectivity index (χ4n) is 2.89. The summed E-state index contributed by atoms with van der Waals surface area (Å²) in [5.41, 5.74) is 1.88. The molecule has 7 nitrogen and oxygen atoms in total. The molecule has 1 fully saturated rings. The van der Waals surface area contributed by atoms with Crippen LogP contribution in [-0.4, -0.2) is 44.9 Å². The minimum atomic E-state index is -3.65. The molecule has 1 aliphatic rings. The molecule has 28 heavy (non-hydrogen) atoms. The van der Waals surface area contributed by atoms with E-state index in [4.69, 9.17) is 4.74 Å². The van der Waals surface area contributed by atoms with E-state index in [1.807, 2.05) is 37.3 Å². The average molecular weight is 402 g/mol. The molecule has 2 aromatic carbocycles. The van der Waals surface area contributed by atoms with Gasteiger partial charge in [0, 0.05) is 0 Å². The lowest BCUT2D eigenvalue weighted by Gasteiger charge is -2.29. The van der Waals surface area contributed by atoms with E-state index in [-0.39, 0.29) is 11.5 Å². The molecule has 3 rings (SSSR count). The highest BCUT2D eigenvalue weighted by atomic mass is 32.2. The van der Waals surface area contributed by atoms with Crippen molar-refractivity contribution in [2.45, 2.75) is 30.3 Å². The third-order valence-electron chi connectivity index (χ3n) is 4.49. The molecule has 1 amide bonds. The Morgan fingerprint density at radius 2 is 1.82 bits per heavy atom. The Bertz CT molecular complexity index is 942. The van der Waals surface area contributed by atoms with Crippen molar-refractivity contribution in [3.63, 3.8) is 0 Å². The summed E-state index contributed by atoms with van der Waals surface area (Å²) in [6.45, 7) is 1.72. The molecule has 1 aliphatic heterocycles. The molecule has 148 valence electrons. The van der Waals surface area contributed by atoms with Gasteiger partial charge in [-0.25, -0.2) is 8.42 Å². The van der Waals surface area contributed by atoms with Crippen molar-refractivity contribution < 1.29 is 22.7 Å². The van der Waals surface area contributed by atoms with Gasteiger partial charge in [0.05, 0.1) is 4.90 Å². The molecule has 0 aliphatic carbocycles. The van der Waals surface area contributed by atoms with E-state index >= 15 is 0 Å². The van der Waals surface area contributed by atoms with Crippen LogP contribution in [0.2, 0.25) is 0 Å². The molecular weight excluding hydrogens is 380 g/mol. The zero-order valence-electron chi connectivity index (χ0n) is 15.4. The van der Waals surface area contributed by atoms with Crippen LogP contribution in [0, 0.1) is 6.92 Å². The predicted molar refractivity (Wildman–Crippen MR) is 103 cm³/mol. The normalized spacial score (nSPS) is 19.7. The number of hydrogen-bond donors (Lipinski definition) is 2. The summed E-state index contributed by atoms with van der Waals surface area (Å²) in [6.07, 6.45) is 0.380. The Hall–Kier alpha value is -2.71. The number of morpholine rings is 1.